The Kier molecular flexibility index (Phi) is 4.63. The van der Waals surface area contributed by atoms with Crippen molar-refractivity contribution in [2.75, 3.05) is 7.11 Å². The fourth-order valence-electron chi connectivity index (χ4n) is 0.882. The largest absolute Gasteiger partial charge is 0.465 e. The van der Waals surface area contributed by atoms with Crippen molar-refractivity contribution in [3.05, 3.63) is 29.8 Å². The van der Waals surface area contributed by atoms with E-state index in [1.807, 2.05) is 12.1 Å². The lowest BCUT2D eigenvalue weighted by Gasteiger charge is -2.02. The van der Waals surface area contributed by atoms with Crippen molar-refractivity contribution < 1.29 is 14.4 Å². The molecule has 0 fully saturated rings. The van der Waals surface area contributed by atoms with E-state index < -0.39 is 5.97 Å². The highest BCUT2D eigenvalue weighted by Gasteiger charge is 2.00. The summed E-state index contributed by atoms with van der Waals surface area (Å²) in [4.78, 5) is 15.7. The van der Waals surface area contributed by atoms with Gasteiger partial charge in [-0.05, 0) is 6.07 Å². The number of carbonyl (C=O) groups excluding carboxylic acids is 1. The van der Waals surface area contributed by atoms with Gasteiger partial charge >= 0.3 is 5.97 Å². The number of hydrogen-bond donors (Lipinski definition) is 0. The summed E-state index contributed by atoms with van der Waals surface area (Å²) in [7, 11) is 1.26. The molecule has 0 aliphatic heterocycles. The molecule has 0 saturated heterocycles. The smallest absolute Gasteiger partial charge is 0.352 e. The maximum Gasteiger partial charge on any atom is 0.352 e. The topological polar surface area (TPSA) is 47.9 Å². The van der Waals surface area contributed by atoms with Crippen LogP contribution in [0.2, 0.25) is 0 Å². The molecule has 0 aliphatic rings. The van der Waals surface area contributed by atoms with Crippen molar-refractivity contribution in [2.45, 2.75) is 5.88 Å². The molecular weight excluding hydrogens is 218 g/mol. The third-order valence-electron chi connectivity index (χ3n) is 1.63. The first-order chi connectivity index (χ1) is 7.27. The van der Waals surface area contributed by atoms with Crippen molar-refractivity contribution in [1.82, 2.24) is 0 Å². The van der Waals surface area contributed by atoms with E-state index in [9.17, 15) is 4.79 Å². The van der Waals surface area contributed by atoms with E-state index in [0.29, 0.717) is 11.6 Å². The molecule has 5 heteroatoms. The van der Waals surface area contributed by atoms with Gasteiger partial charge in [0.2, 0.25) is 0 Å². The summed E-state index contributed by atoms with van der Waals surface area (Å²) in [5, 5.41) is 3.46. The quantitative estimate of drug-likeness (QED) is 0.342. The van der Waals surface area contributed by atoms with Crippen LogP contribution in [-0.4, -0.2) is 19.3 Å². The van der Waals surface area contributed by atoms with Crippen LogP contribution >= 0.6 is 11.6 Å². The lowest BCUT2D eigenvalue weighted by Crippen LogP contribution is -2.02. The number of methoxy groups -OCH3 is 1. The fourth-order valence-corrected chi connectivity index (χ4v) is 1.10. The monoisotopic (exact) mass is 227 g/mol. The molecule has 0 aromatic heterocycles. The molecular formula is C10H10ClNO3. The van der Waals surface area contributed by atoms with Gasteiger partial charge in [-0.15, -0.1) is 11.6 Å². The molecule has 0 bridgehead atoms. The molecule has 1 rings (SSSR count). The van der Waals surface area contributed by atoms with Crippen LogP contribution in [-0.2, 0) is 15.4 Å². The molecule has 0 amide bonds. The van der Waals surface area contributed by atoms with Crippen LogP contribution in [0.25, 0.3) is 0 Å². The number of ether oxygens (including phenoxy) is 1. The minimum atomic E-state index is -0.571. The lowest BCUT2D eigenvalue weighted by atomic mass is 10.2. The van der Waals surface area contributed by atoms with Crippen LogP contribution in [0, 0.1) is 0 Å². The van der Waals surface area contributed by atoms with Gasteiger partial charge in [0.25, 0.3) is 0 Å². The van der Waals surface area contributed by atoms with Gasteiger partial charge in [-0.2, -0.15) is 0 Å². The minimum Gasteiger partial charge on any atom is -0.465 e. The van der Waals surface area contributed by atoms with Gasteiger partial charge in [0.15, 0.2) is 12.0 Å². The first kappa shape index (κ1) is 11.5. The molecule has 4 nitrogen and oxygen atoms in total. The molecule has 1 aromatic carbocycles. The first-order valence-electron chi connectivity index (χ1n) is 4.20. The van der Waals surface area contributed by atoms with E-state index in [1.165, 1.54) is 7.11 Å². The van der Waals surface area contributed by atoms with Crippen LogP contribution in [0.3, 0.4) is 0 Å². The van der Waals surface area contributed by atoms with Gasteiger partial charge in [-0.1, -0.05) is 23.4 Å². The second-order valence-electron chi connectivity index (χ2n) is 2.59. The minimum absolute atomic E-state index is 0.323. The number of alkyl halides is 1. The molecule has 0 atom stereocenters. The zero-order valence-electron chi connectivity index (χ0n) is 8.14. The van der Waals surface area contributed by atoms with Crippen LogP contribution in [0.1, 0.15) is 5.56 Å². The van der Waals surface area contributed by atoms with Crippen molar-refractivity contribution >= 4 is 23.8 Å². The second-order valence-corrected chi connectivity index (χ2v) is 2.86. The number of para-hydroxylation sites is 1. The summed E-state index contributed by atoms with van der Waals surface area (Å²) in [6, 6.07) is 7.16. The number of oxime groups is 1. The lowest BCUT2D eigenvalue weighted by molar-refractivity contribution is -0.132. The zero-order chi connectivity index (χ0) is 11.1. The molecule has 0 radical (unpaired) electrons. The Morgan fingerprint density at radius 1 is 1.53 bits per heavy atom. The highest BCUT2D eigenvalue weighted by atomic mass is 35.5. The predicted molar refractivity (Wildman–Crippen MR) is 57.1 cm³/mol. The Morgan fingerprint density at radius 3 is 2.93 bits per heavy atom. The standard InChI is InChI=1S/C10H10ClNO3/c1-14-10(13)7-12-15-9-5-3-2-4-8(9)6-11/h2-5,7H,6H2,1H3. The Hall–Kier alpha value is -1.55. The highest BCUT2D eigenvalue weighted by molar-refractivity contribution is 6.22. The van der Waals surface area contributed by atoms with Crippen LogP contribution in [0.4, 0.5) is 0 Å². The molecule has 0 N–H and O–H groups in total. The van der Waals surface area contributed by atoms with Gasteiger partial charge in [0.1, 0.15) is 0 Å². The Morgan fingerprint density at radius 2 is 2.27 bits per heavy atom. The molecule has 0 heterocycles. The summed E-state index contributed by atoms with van der Waals surface area (Å²) in [5.41, 5.74) is 0.807. The van der Waals surface area contributed by atoms with Crippen LogP contribution in [0.5, 0.6) is 5.75 Å². The average molecular weight is 228 g/mol. The number of rotatable bonds is 4. The Balaban J connectivity index is 2.64. The number of nitrogens with zero attached hydrogens (tertiary/aromatic N) is 1. The number of carbonyl (C=O) groups is 1. The van der Waals surface area contributed by atoms with Crippen LogP contribution < -0.4 is 4.84 Å². The van der Waals surface area contributed by atoms with Gasteiger partial charge < -0.3 is 9.57 Å². The Bertz CT molecular complexity index is 365. The third kappa shape index (κ3) is 3.59. The van der Waals surface area contributed by atoms with Crippen molar-refractivity contribution in [2.24, 2.45) is 5.16 Å². The first-order valence-corrected chi connectivity index (χ1v) is 4.73. The highest BCUT2D eigenvalue weighted by Crippen LogP contribution is 2.19. The maximum atomic E-state index is 10.7. The van der Waals surface area contributed by atoms with E-state index in [0.717, 1.165) is 11.8 Å². The maximum absolute atomic E-state index is 10.7. The van der Waals surface area contributed by atoms with E-state index in [4.69, 9.17) is 16.4 Å². The molecule has 0 unspecified atom stereocenters. The number of benzene rings is 1. The van der Waals surface area contributed by atoms with E-state index in [2.05, 4.69) is 9.89 Å². The Labute approximate surface area is 92.4 Å². The van der Waals surface area contributed by atoms with E-state index in [1.54, 1.807) is 12.1 Å². The summed E-state index contributed by atoms with van der Waals surface area (Å²) < 4.78 is 4.35. The summed E-state index contributed by atoms with van der Waals surface area (Å²) in [6.45, 7) is 0. The second kappa shape index (κ2) is 6.03. The van der Waals surface area contributed by atoms with Crippen molar-refractivity contribution in [1.29, 1.82) is 0 Å². The molecule has 0 aliphatic carbocycles. The average Bonchev–Trinajstić information content (AvgIpc) is 2.29. The van der Waals surface area contributed by atoms with Crippen LogP contribution in [0.15, 0.2) is 29.4 Å². The van der Waals surface area contributed by atoms with Gasteiger partial charge in [-0.25, -0.2) is 4.79 Å². The zero-order valence-corrected chi connectivity index (χ0v) is 8.90. The molecule has 0 spiro atoms. The fraction of sp³-hybridized carbons (Fsp3) is 0.200. The van der Waals surface area contributed by atoms with Crippen molar-refractivity contribution in [3.63, 3.8) is 0 Å². The van der Waals surface area contributed by atoms with Crippen molar-refractivity contribution in [3.8, 4) is 5.75 Å². The number of hydrogen-bond acceptors (Lipinski definition) is 4. The summed E-state index contributed by atoms with van der Waals surface area (Å²) >= 11 is 5.68. The molecule has 15 heavy (non-hydrogen) atoms. The van der Waals surface area contributed by atoms with Gasteiger partial charge in [0.05, 0.1) is 13.0 Å². The SMILES string of the molecule is COC(=O)C=NOc1ccccc1CCl. The predicted octanol–water partition coefficient (Wildman–Crippen LogP) is 1.96. The number of halogens is 1. The molecule has 80 valence electrons. The van der Waals surface area contributed by atoms with E-state index >= 15 is 0 Å². The van der Waals surface area contributed by atoms with Gasteiger partial charge in [-0.3, -0.25) is 0 Å². The summed E-state index contributed by atoms with van der Waals surface area (Å²) in [6.07, 6.45) is 0.949. The van der Waals surface area contributed by atoms with Gasteiger partial charge in [0, 0.05) is 5.56 Å². The molecule has 1 aromatic rings. The third-order valence-corrected chi connectivity index (χ3v) is 1.91. The number of esters is 1. The normalized spacial score (nSPS) is 10.3. The van der Waals surface area contributed by atoms with E-state index in [-0.39, 0.29) is 0 Å². The summed E-state index contributed by atoms with van der Waals surface area (Å²) in [5.74, 6) is 0.273. The molecule has 0 saturated carbocycles.